The van der Waals surface area contributed by atoms with Crippen LogP contribution in [0.15, 0.2) is 23.1 Å². The lowest BCUT2D eigenvalue weighted by atomic mass is 10.2. The monoisotopic (exact) mass is 213 g/mol. The molecule has 0 unspecified atom stereocenters. The highest BCUT2D eigenvalue weighted by molar-refractivity contribution is 7.99. The van der Waals surface area contributed by atoms with Crippen molar-refractivity contribution in [2.24, 2.45) is 0 Å². The van der Waals surface area contributed by atoms with Crippen molar-refractivity contribution < 1.29 is 4.39 Å². The summed E-state index contributed by atoms with van der Waals surface area (Å²) in [5, 5.41) is 3.02. The normalized spacial score (nSPS) is 10.5. The molecular weight excluding hydrogens is 197 g/mol. The fourth-order valence-electron chi connectivity index (χ4n) is 1.23. The topological polar surface area (TPSA) is 12.0 Å². The van der Waals surface area contributed by atoms with Gasteiger partial charge in [0.2, 0.25) is 0 Å². The molecule has 0 bridgehead atoms. The molecule has 0 spiro atoms. The van der Waals surface area contributed by atoms with Gasteiger partial charge in [-0.25, -0.2) is 4.39 Å². The third kappa shape index (κ3) is 3.68. The van der Waals surface area contributed by atoms with Gasteiger partial charge in [-0.15, -0.1) is 11.8 Å². The van der Waals surface area contributed by atoms with Crippen molar-refractivity contribution in [2.45, 2.75) is 24.8 Å². The largest absolute Gasteiger partial charge is 0.316 e. The molecule has 0 amide bonds. The lowest BCUT2D eigenvalue weighted by Gasteiger charge is -2.04. The molecule has 1 aromatic rings. The van der Waals surface area contributed by atoms with Gasteiger partial charge in [-0.1, -0.05) is 6.92 Å². The third-order valence-electron chi connectivity index (χ3n) is 1.78. The molecule has 1 nitrogen and oxygen atoms in total. The highest BCUT2D eigenvalue weighted by Gasteiger charge is 2.00. The van der Waals surface area contributed by atoms with Crippen LogP contribution in [-0.2, 0) is 6.54 Å². The predicted molar refractivity (Wildman–Crippen MR) is 60.2 cm³/mol. The van der Waals surface area contributed by atoms with E-state index in [1.807, 2.05) is 13.1 Å². The average Bonchev–Trinajstić information content (AvgIpc) is 2.14. The van der Waals surface area contributed by atoms with E-state index in [2.05, 4.69) is 12.2 Å². The standard InChI is InChI=1S/C11H16FNS/c1-3-4-14-11-6-9(8-13-2)5-10(12)7-11/h5-7,13H,3-4,8H2,1-2H3. The maximum absolute atomic E-state index is 13.1. The zero-order valence-electron chi connectivity index (χ0n) is 8.64. The minimum atomic E-state index is -0.142. The summed E-state index contributed by atoms with van der Waals surface area (Å²) < 4.78 is 13.1. The van der Waals surface area contributed by atoms with Crippen molar-refractivity contribution >= 4 is 11.8 Å². The van der Waals surface area contributed by atoms with Crippen molar-refractivity contribution in [1.82, 2.24) is 5.32 Å². The molecule has 0 fully saturated rings. The highest BCUT2D eigenvalue weighted by Crippen LogP contribution is 2.21. The number of halogens is 1. The van der Waals surface area contributed by atoms with Gasteiger partial charge in [0.1, 0.15) is 5.82 Å². The first-order chi connectivity index (χ1) is 6.76. The minimum absolute atomic E-state index is 0.142. The lowest BCUT2D eigenvalue weighted by Crippen LogP contribution is -2.05. The number of hydrogen-bond donors (Lipinski definition) is 1. The van der Waals surface area contributed by atoms with Crippen molar-refractivity contribution in [3.05, 3.63) is 29.6 Å². The first-order valence-corrected chi connectivity index (χ1v) is 5.81. The van der Waals surface area contributed by atoms with Crippen molar-refractivity contribution in [1.29, 1.82) is 0 Å². The summed E-state index contributed by atoms with van der Waals surface area (Å²) in [5.74, 6) is 0.902. The first-order valence-electron chi connectivity index (χ1n) is 4.83. The fraction of sp³-hybridized carbons (Fsp3) is 0.455. The molecule has 0 aliphatic rings. The van der Waals surface area contributed by atoms with Gasteiger partial charge in [0.05, 0.1) is 0 Å². The van der Waals surface area contributed by atoms with Gasteiger partial charge in [-0.05, 0) is 43.0 Å². The van der Waals surface area contributed by atoms with Crippen LogP contribution >= 0.6 is 11.8 Å². The van der Waals surface area contributed by atoms with Gasteiger partial charge < -0.3 is 5.32 Å². The number of rotatable bonds is 5. The van der Waals surface area contributed by atoms with Gasteiger partial charge in [0, 0.05) is 11.4 Å². The summed E-state index contributed by atoms with van der Waals surface area (Å²) in [7, 11) is 1.86. The molecule has 1 aromatic carbocycles. The Kier molecular flexibility index (Phi) is 4.98. The van der Waals surface area contributed by atoms with Crippen molar-refractivity contribution in [3.63, 3.8) is 0 Å². The third-order valence-corrected chi connectivity index (χ3v) is 2.97. The quantitative estimate of drug-likeness (QED) is 0.754. The van der Waals surface area contributed by atoms with E-state index in [1.54, 1.807) is 23.9 Å². The number of thioether (sulfide) groups is 1. The van der Waals surface area contributed by atoms with Crippen LogP contribution in [0.4, 0.5) is 4.39 Å². The Morgan fingerprint density at radius 2 is 2.14 bits per heavy atom. The van der Waals surface area contributed by atoms with E-state index < -0.39 is 0 Å². The molecule has 1 rings (SSSR count). The number of hydrogen-bond acceptors (Lipinski definition) is 2. The molecule has 3 heteroatoms. The van der Waals surface area contributed by atoms with Gasteiger partial charge in [0.15, 0.2) is 0 Å². The second kappa shape index (κ2) is 6.04. The molecule has 14 heavy (non-hydrogen) atoms. The maximum atomic E-state index is 13.1. The molecule has 0 saturated heterocycles. The predicted octanol–water partition coefficient (Wildman–Crippen LogP) is 3.05. The Bertz CT molecular complexity index is 289. The molecule has 0 aromatic heterocycles. The zero-order valence-corrected chi connectivity index (χ0v) is 9.46. The summed E-state index contributed by atoms with van der Waals surface area (Å²) in [4.78, 5) is 1.03. The molecule has 0 aliphatic heterocycles. The number of benzene rings is 1. The van der Waals surface area contributed by atoms with Gasteiger partial charge in [-0.2, -0.15) is 0 Å². The molecule has 0 radical (unpaired) electrons. The molecule has 0 atom stereocenters. The smallest absolute Gasteiger partial charge is 0.124 e. The molecular formula is C11H16FNS. The van der Waals surface area contributed by atoms with E-state index >= 15 is 0 Å². The van der Waals surface area contributed by atoms with Crippen LogP contribution in [0.2, 0.25) is 0 Å². The van der Waals surface area contributed by atoms with Crippen molar-refractivity contribution in [2.75, 3.05) is 12.8 Å². The molecule has 78 valence electrons. The van der Waals surface area contributed by atoms with E-state index in [0.717, 1.165) is 29.2 Å². The zero-order chi connectivity index (χ0) is 10.4. The Balaban J connectivity index is 2.73. The van der Waals surface area contributed by atoms with Crippen LogP contribution in [0, 0.1) is 5.82 Å². The van der Waals surface area contributed by atoms with Gasteiger partial charge in [-0.3, -0.25) is 0 Å². The summed E-state index contributed by atoms with van der Waals surface area (Å²) in [6.07, 6.45) is 1.11. The van der Waals surface area contributed by atoms with Crippen LogP contribution in [-0.4, -0.2) is 12.8 Å². The van der Waals surface area contributed by atoms with Gasteiger partial charge in [0.25, 0.3) is 0 Å². The van der Waals surface area contributed by atoms with Crippen LogP contribution in [0.1, 0.15) is 18.9 Å². The summed E-state index contributed by atoms with van der Waals surface area (Å²) >= 11 is 1.71. The average molecular weight is 213 g/mol. The van der Waals surface area contributed by atoms with E-state index in [0.29, 0.717) is 0 Å². The Morgan fingerprint density at radius 3 is 2.79 bits per heavy atom. The second-order valence-electron chi connectivity index (χ2n) is 3.17. The van der Waals surface area contributed by atoms with Crippen LogP contribution in [0.3, 0.4) is 0 Å². The maximum Gasteiger partial charge on any atom is 0.124 e. The Morgan fingerprint density at radius 1 is 1.36 bits per heavy atom. The van der Waals surface area contributed by atoms with E-state index in [-0.39, 0.29) is 5.82 Å². The summed E-state index contributed by atoms with van der Waals surface area (Å²) in [5.41, 5.74) is 1.01. The fourth-order valence-corrected chi connectivity index (χ4v) is 2.10. The molecule has 1 N–H and O–H groups in total. The van der Waals surface area contributed by atoms with E-state index in [1.165, 1.54) is 0 Å². The lowest BCUT2D eigenvalue weighted by molar-refractivity contribution is 0.619. The van der Waals surface area contributed by atoms with Crippen LogP contribution < -0.4 is 5.32 Å². The molecule has 0 heterocycles. The molecule has 0 aliphatic carbocycles. The van der Waals surface area contributed by atoms with E-state index in [4.69, 9.17) is 0 Å². The van der Waals surface area contributed by atoms with Crippen molar-refractivity contribution in [3.8, 4) is 0 Å². The van der Waals surface area contributed by atoms with E-state index in [9.17, 15) is 4.39 Å². The SMILES string of the molecule is CCCSc1cc(F)cc(CNC)c1. The minimum Gasteiger partial charge on any atom is -0.316 e. The summed E-state index contributed by atoms with van der Waals surface area (Å²) in [6, 6.07) is 5.21. The first kappa shape index (κ1) is 11.5. The number of nitrogens with one attached hydrogen (secondary N) is 1. The Hall–Kier alpha value is -0.540. The van der Waals surface area contributed by atoms with Crippen LogP contribution in [0.25, 0.3) is 0 Å². The molecule has 0 saturated carbocycles. The second-order valence-corrected chi connectivity index (χ2v) is 4.34. The van der Waals surface area contributed by atoms with Gasteiger partial charge >= 0.3 is 0 Å². The highest BCUT2D eigenvalue weighted by atomic mass is 32.2. The van der Waals surface area contributed by atoms with Crippen LogP contribution in [0.5, 0.6) is 0 Å². The Labute approximate surface area is 89.1 Å². The summed E-state index contributed by atoms with van der Waals surface area (Å²) in [6.45, 7) is 2.85.